The Morgan fingerprint density at radius 3 is 2.53 bits per heavy atom. The Labute approximate surface area is 123 Å². The van der Waals surface area contributed by atoms with Gasteiger partial charge in [-0.25, -0.2) is 0 Å². The largest absolute Gasteiger partial charge is 0.371 e. The number of thioether (sulfide) groups is 1. The highest BCUT2D eigenvalue weighted by molar-refractivity contribution is 7.98. The molecular weight excluding hydrogens is 252 g/mol. The van der Waals surface area contributed by atoms with Crippen molar-refractivity contribution in [2.45, 2.75) is 33.4 Å². The van der Waals surface area contributed by atoms with E-state index < -0.39 is 0 Å². The Hall–Kier alpha value is -0.670. The third-order valence-electron chi connectivity index (χ3n) is 3.31. The molecule has 0 saturated heterocycles. The van der Waals surface area contributed by atoms with Gasteiger partial charge in [-0.15, -0.1) is 0 Å². The fraction of sp³-hybridized carbons (Fsp3) is 0.625. The van der Waals surface area contributed by atoms with Crippen LogP contribution in [0.25, 0.3) is 0 Å². The monoisotopic (exact) mass is 280 g/mol. The smallest absolute Gasteiger partial charge is 0.0411 e. The van der Waals surface area contributed by atoms with Gasteiger partial charge in [0.05, 0.1) is 0 Å². The molecule has 1 N–H and O–H groups in total. The molecule has 0 radical (unpaired) electrons. The van der Waals surface area contributed by atoms with Gasteiger partial charge in [-0.05, 0) is 37.3 Å². The molecule has 0 saturated carbocycles. The number of para-hydroxylation sites is 1. The lowest BCUT2D eigenvalue weighted by atomic mass is 10.1. The number of hydrogen-bond donors (Lipinski definition) is 1. The lowest BCUT2D eigenvalue weighted by molar-refractivity contribution is 0.552. The first-order chi connectivity index (χ1) is 9.06. The van der Waals surface area contributed by atoms with Gasteiger partial charge in [-0.2, -0.15) is 11.8 Å². The van der Waals surface area contributed by atoms with Gasteiger partial charge in [0.25, 0.3) is 0 Å². The molecule has 0 aromatic heterocycles. The van der Waals surface area contributed by atoms with Crippen LogP contribution in [0, 0.1) is 5.92 Å². The first-order valence-electron chi connectivity index (χ1n) is 7.06. The lowest BCUT2D eigenvalue weighted by Crippen LogP contribution is -2.32. The fourth-order valence-corrected chi connectivity index (χ4v) is 2.80. The molecule has 1 aromatic rings. The van der Waals surface area contributed by atoms with E-state index in [1.165, 1.54) is 11.3 Å². The van der Waals surface area contributed by atoms with Crippen molar-refractivity contribution >= 4 is 17.4 Å². The van der Waals surface area contributed by atoms with E-state index in [0.29, 0.717) is 12.0 Å². The molecule has 1 unspecified atom stereocenters. The molecule has 1 aromatic carbocycles. The van der Waals surface area contributed by atoms with Crippen molar-refractivity contribution in [3.8, 4) is 0 Å². The molecule has 0 amide bonds. The first-order valence-corrected chi connectivity index (χ1v) is 8.46. The van der Waals surface area contributed by atoms with Crippen LogP contribution in [-0.4, -0.2) is 31.6 Å². The molecule has 0 aliphatic carbocycles. The summed E-state index contributed by atoms with van der Waals surface area (Å²) in [5.74, 6) is 1.85. The van der Waals surface area contributed by atoms with Crippen LogP contribution < -0.4 is 10.2 Å². The van der Waals surface area contributed by atoms with Crippen LogP contribution in [0.2, 0.25) is 0 Å². The summed E-state index contributed by atoms with van der Waals surface area (Å²) in [7, 11) is 2.20. The SMILES string of the molecule is CSCC(C)N(C)c1ccccc1CNCC(C)C. The predicted octanol–water partition coefficient (Wildman–Crippen LogP) is 3.62. The van der Waals surface area contributed by atoms with Crippen LogP contribution >= 0.6 is 11.8 Å². The van der Waals surface area contributed by atoms with Crippen molar-refractivity contribution in [2.75, 3.05) is 30.5 Å². The molecule has 1 atom stereocenters. The van der Waals surface area contributed by atoms with Crippen molar-refractivity contribution in [2.24, 2.45) is 5.92 Å². The minimum atomic E-state index is 0.557. The number of nitrogens with one attached hydrogen (secondary N) is 1. The Kier molecular flexibility index (Phi) is 7.32. The summed E-state index contributed by atoms with van der Waals surface area (Å²) in [6, 6.07) is 9.27. The van der Waals surface area contributed by atoms with E-state index in [0.717, 1.165) is 18.8 Å². The van der Waals surface area contributed by atoms with Crippen LogP contribution in [0.3, 0.4) is 0 Å². The molecule has 0 spiro atoms. The van der Waals surface area contributed by atoms with Gasteiger partial charge in [0.1, 0.15) is 0 Å². The summed E-state index contributed by atoms with van der Waals surface area (Å²) in [6.07, 6.45) is 2.17. The Bertz CT molecular complexity index is 366. The third kappa shape index (κ3) is 5.45. The zero-order valence-electron chi connectivity index (χ0n) is 12.9. The topological polar surface area (TPSA) is 15.3 Å². The van der Waals surface area contributed by atoms with E-state index in [2.05, 4.69) is 68.6 Å². The molecule has 0 bridgehead atoms. The van der Waals surface area contributed by atoms with Crippen molar-refractivity contribution in [3.63, 3.8) is 0 Å². The van der Waals surface area contributed by atoms with E-state index in [1.807, 2.05) is 11.8 Å². The molecule has 1 rings (SSSR count). The van der Waals surface area contributed by atoms with Crippen molar-refractivity contribution in [1.29, 1.82) is 0 Å². The molecule has 0 aliphatic heterocycles. The number of anilines is 1. The minimum absolute atomic E-state index is 0.557. The van der Waals surface area contributed by atoms with E-state index in [9.17, 15) is 0 Å². The Morgan fingerprint density at radius 1 is 1.21 bits per heavy atom. The van der Waals surface area contributed by atoms with Crippen molar-refractivity contribution in [1.82, 2.24) is 5.32 Å². The molecule has 0 fully saturated rings. The van der Waals surface area contributed by atoms with Gasteiger partial charge >= 0.3 is 0 Å². The number of benzene rings is 1. The number of nitrogens with zero attached hydrogens (tertiary/aromatic N) is 1. The predicted molar refractivity (Wildman–Crippen MR) is 89.2 cm³/mol. The average molecular weight is 280 g/mol. The molecule has 19 heavy (non-hydrogen) atoms. The van der Waals surface area contributed by atoms with Crippen LogP contribution in [0.15, 0.2) is 24.3 Å². The van der Waals surface area contributed by atoms with Gasteiger partial charge in [0.2, 0.25) is 0 Å². The number of rotatable bonds is 8. The maximum Gasteiger partial charge on any atom is 0.0411 e. The summed E-state index contributed by atoms with van der Waals surface area (Å²) in [6.45, 7) is 8.79. The highest BCUT2D eigenvalue weighted by Gasteiger charge is 2.12. The second kappa shape index (κ2) is 8.49. The molecule has 0 heterocycles. The van der Waals surface area contributed by atoms with Gasteiger partial charge < -0.3 is 10.2 Å². The third-order valence-corrected chi connectivity index (χ3v) is 4.12. The zero-order valence-corrected chi connectivity index (χ0v) is 13.8. The van der Waals surface area contributed by atoms with Crippen LogP contribution in [0.4, 0.5) is 5.69 Å². The second-order valence-electron chi connectivity index (χ2n) is 5.57. The minimum Gasteiger partial charge on any atom is -0.371 e. The van der Waals surface area contributed by atoms with Crippen molar-refractivity contribution < 1.29 is 0 Å². The fourth-order valence-electron chi connectivity index (χ4n) is 2.09. The summed E-state index contributed by atoms with van der Waals surface area (Å²) in [5, 5.41) is 3.54. The first kappa shape index (κ1) is 16.4. The highest BCUT2D eigenvalue weighted by atomic mass is 32.2. The summed E-state index contributed by atoms with van der Waals surface area (Å²) < 4.78 is 0. The second-order valence-corrected chi connectivity index (χ2v) is 6.48. The highest BCUT2D eigenvalue weighted by Crippen LogP contribution is 2.22. The molecule has 3 heteroatoms. The standard InChI is InChI=1S/C16H28N2S/c1-13(2)10-17-11-15-8-6-7-9-16(15)18(4)14(3)12-19-5/h6-9,13-14,17H,10-12H2,1-5H3. The summed E-state index contributed by atoms with van der Waals surface area (Å²) in [4.78, 5) is 2.39. The maximum atomic E-state index is 3.54. The van der Waals surface area contributed by atoms with Crippen molar-refractivity contribution in [3.05, 3.63) is 29.8 Å². The van der Waals surface area contributed by atoms with Gasteiger partial charge in [-0.3, -0.25) is 0 Å². The molecular formula is C16H28N2S. The normalized spacial score (nSPS) is 12.7. The van der Waals surface area contributed by atoms with Crippen LogP contribution in [0.5, 0.6) is 0 Å². The Balaban J connectivity index is 2.71. The molecule has 0 aliphatic rings. The Morgan fingerprint density at radius 2 is 1.89 bits per heavy atom. The summed E-state index contributed by atoms with van der Waals surface area (Å²) in [5.41, 5.74) is 2.74. The summed E-state index contributed by atoms with van der Waals surface area (Å²) >= 11 is 1.90. The van der Waals surface area contributed by atoms with Crippen LogP contribution in [0.1, 0.15) is 26.3 Å². The van der Waals surface area contributed by atoms with Gasteiger partial charge in [0.15, 0.2) is 0 Å². The quantitative estimate of drug-likeness (QED) is 0.783. The van der Waals surface area contributed by atoms with E-state index in [-0.39, 0.29) is 0 Å². The van der Waals surface area contributed by atoms with E-state index in [1.54, 1.807) is 0 Å². The zero-order chi connectivity index (χ0) is 14.3. The molecule has 2 nitrogen and oxygen atoms in total. The van der Waals surface area contributed by atoms with Gasteiger partial charge in [-0.1, -0.05) is 32.0 Å². The van der Waals surface area contributed by atoms with Gasteiger partial charge in [0, 0.05) is 31.1 Å². The van der Waals surface area contributed by atoms with E-state index >= 15 is 0 Å². The number of hydrogen-bond acceptors (Lipinski definition) is 3. The van der Waals surface area contributed by atoms with Crippen LogP contribution in [-0.2, 0) is 6.54 Å². The molecule has 108 valence electrons. The average Bonchev–Trinajstić information content (AvgIpc) is 2.38. The van der Waals surface area contributed by atoms with E-state index in [4.69, 9.17) is 0 Å². The lowest BCUT2D eigenvalue weighted by Gasteiger charge is -2.28. The maximum absolute atomic E-state index is 3.54.